The van der Waals surface area contributed by atoms with Crippen LogP contribution >= 0.6 is 11.8 Å². The van der Waals surface area contributed by atoms with Crippen LogP contribution in [0.3, 0.4) is 0 Å². The van der Waals surface area contributed by atoms with Gasteiger partial charge in [-0.25, -0.2) is 0 Å². The van der Waals surface area contributed by atoms with Crippen molar-refractivity contribution in [2.45, 2.75) is 180 Å². The first-order valence-corrected chi connectivity index (χ1v) is 20.4. The Morgan fingerprint density at radius 3 is 1.00 bits per heavy atom. The summed E-state index contributed by atoms with van der Waals surface area (Å²) in [5.74, 6) is 0.595. The number of nitrogens with zero attached hydrogens (tertiary/aromatic N) is 2. The van der Waals surface area contributed by atoms with E-state index in [1.54, 1.807) is 11.8 Å². The van der Waals surface area contributed by atoms with E-state index in [9.17, 15) is 14.4 Å². The third-order valence-corrected chi connectivity index (χ3v) is 9.82. The highest BCUT2D eigenvalue weighted by Crippen LogP contribution is 2.16. The molecule has 8 heteroatoms. The molecule has 0 radical (unpaired) electrons. The first kappa shape index (κ1) is 44.7. The van der Waals surface area contributed by atoms with Gasteiger partial charge in [-0.05, 0) is 39.8 Å². The van der Waals surface area contributed by atoms with Crippen molar-refractivity contribution in [1.82, 2.24) is 9.80 Å². The number of aliphatic carboxylic acids is 2. The van der Waals surface area contributed by atoms with Crippen molar-refractivity contribution in [3.05, 3.63) is 0 Å². The Balaban J connectivity index is 3.90. The molecule has 0 rings (SSSR count). The van der Waals surface area contributed by atoms with E-state index in [0.717, 1.165) is 63.9 Å². The number of carbonyl (C=O) groups is 3. The van der Waals surface area contributed by atoms with Crippen LogP contribution in [-0.2, 0) is 14.4 Å². The number of rotatable bonds is 37. The van der Waals surface area contributed by atoms with Crippen molar-refractivity contribution in [2.24, 2.45) is 0 Å². The summed E-state index contributed by atoms with van der Waals surface area (Å²) in [5.41, 5.74) is 0. The van der Waals surface area contributed by atoms with Crippen molar-refractivity contribution < 1.29 is 24.6 Å². The van der Waals surface area contributed by atoms with Crippen LogP contribution in [0.15, 0.2) is 0 Å². The summed E-state index contributed by atoms with van der Waals surface area (Å²) in [6.07, 6.45) is 32.1. The van der Waals surface area contributed by atoms with E-state index in [1.165, 1.54) is 128 Å². The van der Waals surface area contributed by atoms with E-state index >= 15 is 0 Å². The van der Waals surface area contributed by atoms with E-state index < -0.39 is 11.9 Å². The predicted molar refractivity (Wildman–Crippen MR) is 197 cm³/mol. The van der Waals surface area contributed by atoms with E-state index in [0.29, 0.717) is 24.5 Å². The molecule has 272 valence electrons. The fraction of sp³-hybridized carbons (Fsp3) is 0.921. The monoisotopic (exact) mass is 671 g/mol. The van der Waals surface area contributed by atoms with Crippen molar-refractivity contribution in [3.8, 4) is 0 Å². The zero-order valence-corrected chi connectivity index (χ0v) is 31.1. The minimum atomic E-state index is -0.674. The molecule has 0 aromatic heterocycles. The van der Waals surface area contributed by atoms with Gasteiger partial charge < -0.3 is 20.0 Å². The largest absolute Gasteiger partial charge is 0.481 e. The zero-order valence-electron chi connectivity index (χ0n) is 30.3. The predicted octanol–water partition coefficient (Wildman–Crippen LogP) is 10.2. The minimum absolute atomic E-state index is 0.315. The topological polar surface area (TPSA) is 98.2 Å². The fourth-order valence-corrected chi connectivity index (χ4v) is 6.90. The Labute approximate surface area is 288 Å². The quantitative estimate of drug-likeness (QED) is 0.0635. The van der Waals surface area contributed by atoms with Gasteiger partial charge in [0.15, 0.2) is 0 Å². The first-order chi connectivity index (χ1) is 22.3. The molecule has 0 aliphatic carbocycles. The molecule has 0 spiro atoms. The Hall–Kier alpha value is -1.28. The lowest BCUT2D eigenvalue weighted by molar-refractivity contribution is -0.138. The van der Waals surface area contributed by atoms with Crippen LogP contribution < -0.4 is 0 Å². The van der Waals surface area contributed by atoms with Gasteiger partial charge in [0.1, 0.15) is 0 Å². The first-order valence-electron chi connectivity index (χ1n) is 19.3. The average Bonchev–Trinajstić information content (AvgIpc) is 3.01. The van der Waals surface area contributed by atoms with E-state index in [4.69, 9.17) is 10.2 Å². The Bertz CT molecular complexity index is 663. The van der Waals surface area contributed by atoms with E-state index in [2.05, 4.69) is 23.9 Å². The van der Waals surface area contributed by atoms with Crippen LogP contribution in [-0.4, -0.2) is 83.1 Å². The molecule has 0 unspecified atom stereocenters. The Morgan fingerprint density at radius 2 is 0.717 bits per heavy atom. The summed E-state index contributed by atoms with van der Waals surface area (Å²) >= 11 is 1.77. The third-order valence-electron chi connectivity index (χ3n) is 8.90. The molecule has 0 fully saturated rings. The molecular weight excluding hydrogens is 596 g/mol. The fourth-order valence-electron chi connectivity index (χ4n) is 5.91. The number of unbranched alkanes of at least 4 members (excludes halogenated alkanes) is 24. The standard InChI is InChI=1S/C38H74N2O5S/c1-39(2)33-34-46-35-36(41)40(31-27-23-19-15-11-7-3-5-9-13-17-21-25-29-37(42)43)32-28-24-20-16-12-8-4-6-10-14-18-22-26-30-38(44)45/h3-35H2,1-2H3,(H,42,43)(H,44,45). The van der Waals surface area contributed by atoms with Crippen molar-refractivity contribution in [2.75, 3.05) is 45.2 Å². The maximum Gasteiger partial charge on any atom is 0.303 e. The molecule has 46 heavy (non-hydrogen) atoms. The lowest BCUT2D eigenvalue weighted by Crippen LogP contribution is -2.34. The van der Waals surface area contributed by atoms with Crippen molar-refractivity contribution >= 4 is 29.6 Å². The molecule has 0 aromatic carbocycles. The van der Waals surface area contributed by atoms with Crippen LogP contribution in [0.4, 0.5) is 0 Å². The van der Waals surface area contributed by atoms with Gasteiger partial charge in [0.05, 0.1) is 5.75 Å². The number of carboxylic acids is 2. The molecule has 0 atom stereocenters. The van der Waals surface area contributed by atoms with Crippen molar-refractivity contribution in [1.29, 1.82) is 0 Å². The van der Waals surface area contributed by atoms with Gasteiger partial charge in [0.25, 0.3) is 0 Å². The summed E-state index contributed by atoms with van der Waals surface area (Å²) < 4.78 is 0. The van der Waals surface area contributed by atoms with Crippen molar-refractivity contribution in [3.63, 3.8) is 0 Å². The van der Waals surface area contributed by atoms with Gasteiger partial charge in [-0.1, -0.05) is 141 Å². The molecule has 0 saturated carbocycles. The summed E-state index contributed by atoms with van der Waals surface area (Å²) in [7, 11) is 4.17. The number of carbonyl (C=O) groups excluding carboxylic acids is 1. The Morgan fingerprint density at radius 1 is 0.435 bits per heavy atom. The Kier molecular flexibility index (Phi) is 34.1. The molecule has 0 bridgehead atoms. The van der Waals surface area contributed by atoms with Gasteiger partial charge in [-0.3, -0.25) is 14.4 Å². The minimum Gasteiger partial charge on any atom is -0.481 e. The molecule has 2 N–H and O–H groups in total. The summed E-state index contributed by atoms with van der Waals surface area (Å²) in [4.78, 5) is 38.4. The van der Waals surface area contributed by atoms with Crippen LogP contribution in [0.5, 0.6) is 0 Å². The lowest BCUT2D eigenvalue weighted by Gasteiger charge is -2.23. The van der Waals surface area contributed by atoms with Gasteiger partial charge in [0, 0.05) is 38.2 Å². The van der Waals surface area contributed by atoms with Crippen LogP contribution in [0, 0.1) is 0 Å². The molecule has 0 aliphatic rings. The number of carboxylic acid groups (broad SMARTS) is 2. The third kappa shape index (κ3) is 35.6. The van der Waals surface area contributed by atoms with Crippen LogP contribution in [0.25, 0.3) is 0 Å². The highest BCUT2D eigenvalue weighted by Gasteiger charge is 2.13. The molecule has 0 aliphatic heterocycles. The second-order valence-corrected chi connectivity index (χ2v) is 14.8. The summed E-state index contributed by atoms with van der Waals surface area (Å²) in [6.45, 7) is 2.85. The molecule has 1 amide bonds. The zero-order chi connectivity index (χ0) is 33.9. The van der Waals surface area contributed by atoms with Gasteiger partial charge in [-0.2, -0.15) is 11.8 Å². The smallest absolute Gasteiger partial charge is 0.303 e. The van der Waals surface area contributed by atoms with E-state index in [-0.39, 0.29) is 0 Å². The van der Waals surface area contributed by atoms with Gasteiger partial charge >= 0.3 is 11.9 Å². The lowest BCUT2D eigenvalue weighted by atomic mass is 10.0. The number of hydrogen-bond acceptors (Lipinski definition) is 5. The average molecular weight is 671 g/mol. The second kappa shape index (κ2) is 35.0. The second-order valence-electron chi connectivity index (χ2n) is 13.7. The maximum absolute atomic E-state index is 13.0. The highest BCUT2D eigenvalue weighted by molar-refractivity contribution is 7.99. The number of hydrogen-bond donors (Lipinski definition) is 2. The van der Waals surface area contributed by atoms with E-state index in [1.807, 2.05) is 0 Å². The van der Waals surface area contributed by atoms with Gasteiger partial charge in [0.2, 0.25) is 5.91 Å². The van der Waals surface area contributed by atoms with Crippen LogP contribution in [0.1, 0.15) is 180 Å². The van der Waals surface area contributed by atoms with Gasteiger partial charge in [-0.15, -0.1) is 0 Å². The molecule has 0 saturated heterocycles. The molecule has 0 aromatic rings. The number of thioether (sulfide) groups is 1. The molecule has 7 nitrogen and oxygen atoms in total. The normalized spacial score (nSPS) is 11.4. The summed E-state index contributed by atoms with van der Waals surface area (Å²) in [6, 6.07) is 0. The summed E-state index contributed by atoms with van der Waals surface area (Å²) in [5, 5.41) is 17.4. The highest BCUT2D eigenvalue weighted by atomic mass is 32.2. The molecule has 0 heterocycles. The molecular formula is C38H74N2O5S. The SMILES string of the molecule is CN(C)CCSCC(=O)N(CCCCCCCCCCCCCCCC(=O)O)CCCCCCCCCCCCCCCC(=O)O. The van der Waals surface area contributed by atoms with Crippen LogP contribution in [0.2, 0.25) is 0 Å². The maximum atomic E-state index is 13.0. The number of amides is 1.